The molecule has 0 spiro atoms. The number of unbranched alkanes of at least 4 members (excludes halogenated alkanes) is 30. The third-order valence-corrected chi connectivity index (χ3v) is 10.2. The molecule has 0 aromatic rings. The van der Waals surface area contributed by atoms with Crippen LogP contribution in [-0.4, -0.2) is 0 Å². The van der Waals surface area contributed by atoms with E-state index < -0.39 is 7.82 Å². The van der Waals surface area contributed by atoms with Crippen molar-refractivity contribution in [3.8, 4) is 0 Å². The zero-order valence-corrected chi connectivity index (χ0v) is 32.8. The Bertz CT molecular complexity index is 637. The van der Waals surface area contributed by atoms with Gasteiger partial charge in [0.2, 0.25) is 0 Å². The number of rotatable bonds is 39. The van der Waals surface area contributed by atoms with Gasteiger partial charge in [0, 0.05) is 0 Å². The van der Waals surface area contributed by atoms with Gasteiger partial charge in [-0.2, -0.15) is 4.57 Å². The first-order valence-electron chi connectivity index (χ1n) is 20.8. The first kappa shape index (κ1) is 45.9. The molecule has 0 aliphatic rings. The van der Waals surface area contributed by atoms with Crippen LogP contribution < -0.4 is 0 Å². The predicted octanol–water partition coefficient (Wildman–Crippen LogP) is 16.6. The van der Waals surface area contributed by atoms with Gasteiger partial charge in [0.1, 0.15) is 0 Å². The molecule has 0 amide bonds. The topological polar surface area (TPSA) is 44.8 Å². The van der Waals surface area contributed by atoms with Crippen LogP contribution in [0.2, 0.25) is 0 Å². The summed E-state index contributed by atoms with van der Waals surface area (Å²) in [5.41, 5.74) is 0. The van der Waals surface area contributed by atoms with Gasteiger partial charge in [-0.15, -0.1) is 0 Å². The Kier molecular flexibility index (Phi) is 38.3. The molecule has 0 radical (unpaired) electrons. The minimum absolute atomic E-state index is 0.916. The van der Waals surface area contributed by atoms with E-state index in [0.29, 0.717) is 0 Å². The highest BCUT2D eigenvalue weighted by atomic mass is 31.2. The van der Waals surface area contributed by atoms with Crippen molar-refractivity contribution in [3.63, 3.8) is 0 Å². The van der Waals surface area contributed by atoms with E-state index in [-0.39, 0.29) is 0 Å². The van der Waals surface area contributed by atoms with Crippen molar-refractivity contribution >= 4 is 7.82 Å². The molecule has 4 nitrogen and oxygen atoms in total. The molecule has 0 aliphatic heterocycles. The molecular weight excluding hydrogens is 599 g/mol. The highest BCUT2D eigenvalue weighted by Gasteiger charge is 2.27. The van der Waals surface area contributed by atoms with Crippen LogP contribution in [0.4, 0.5) is 0 Å². The summed E-state index contributed by atoms with van der Waals surface area (Å²) in [6.45, 7) is 6.81. The highest BCUT2D eigenvalue weighted by molar-refractivity contribution is 7.48. The SMILES string of the molecule is CCCCCCCCCCCC/C=C/OP(=O)(O/C=C/CCCCCCCCCCCC)O/C=C/CCCCCCCCCCCC. The molecule has 0 heterocycles. The summed E-state index contributed by atoms with van der Waals surface area (Å²) >= 11 is 0. The maximum atomic E-state index is 13.3. The van der Waals surface area contributed by atoms with Crippen molar-refractivity contribution in [2.75, 3.05) is 0 Å². The van der Waals surface area contributed by atoms with Crippen LogP contribution in [0.5, 0.6) is 0 Å². The van der Waals surface area contributed by atoms with Crippen LogP contribution in [0.3, 0.4) is 0 Å². The monoisotopic (exact) mass is 681 g/mol. The van der Waals surface area contributed by atoms with Gasteiger partial charge >= 0.3 is 7.82 Å². The largest absolute Gasteiger partial charge is 0.645 e. The standard InChI is InChI=1S/C42H81O4P/c1-4-7-10-13-16-19-22-25-28-31-34-37-40-44-47(43,45-41-38-35-32-29-26-23-20-17-14-11-8-5-2)46-42-39-36-33-30-27-24-21-18-15-12-9-6-3/h37-42H,4-36H2,1-3H3/b40-37+,41-38+,42-39+. The number of allylic oxidation sites excluding steroid dienone is 3. The highest BCUT2D eigenvalue weighted by Crippen LogP contribution is 2.50. The molecule has 0 aromatic heterocycles. The lowest BCUT2D eigenvalue weighted by molar-refractivity contribution is 0.229. The predicted molar refractivity (Wildman–Crippen MR) is 208 cm³/mol. The minimum atomic E-state index is -3.73. The first-order valence-corrected chi connectivity index (χ1v) is 22.2. The molecule has 5 heteroatoms. The van der Waals surface area contributed by atoms with Gasteiger partial charge in [0.05, 0.1) is 18.8 Å². The fourth-order valence-corrected chi connectivity index (χ4v) is 6.73. The Hall–Kier alpha value is -1.15. The number of hydrogen-bond acceptors (Lipinski definition) is 4. The summed E-state index contributed by atoms with van der Waals surface area (Å²) in [5, 5.41) is 0. The van der Waals surface area contributed by atoms with Gasteiger partial charge < -0.3 is 13.6 Å². The average molecular weight is 681 g/mol. The Morgan fingerprint density at radius 2 is 0.511 bits per heavy atom. The van der Waals surface area contributed by atoms with Crippen LogP contribution in [0, 0.1) is 0 Å². The normalized spacial score (nSPS) is 12.2. The quantitative estimate of drug-likeness (QED) is 0.0368. The van der Waals surface area contributed by atoms with E-state index in [1.807, 2.05) is 18.2 Å². The fraction of sp³-hybridized carbons (Fsp3) is 0.857. The molecular formula is C42H81O4P. The minimum Gasteiger partial charge on any atom is -0.394 e. The summed E-state index contributed by atoms with van der Waals surface area (Å²) in [7, 11) is -3.73. The molecule has 0 rings (SSSR count). The third kappa shape index (κ3) is 37.5. The van der Waals surface area contributed by atoms with Gasteiger partial charge in [0.25, 0.3) is 0 Å². The van der Waals surface area contributed by atoms with Crippen LogP contribution in [-0.2, 0) is 18.1 Å². The maximum Gasteiger partial charge on any atom is 0.645 e. The van der Waals surface area contributed by atoms with Gasteiger partial charge in [0.15, 0.2) is 0 Å². The zero-order chi connectivity index (χ0) is 34.2. The number of hydrogen-bond donors (Lipinski definition) is 0. The lowest BCUT2D eigenvalue weighted by Gasteiger charge is -2.13. The molecule has 0 saturated carbocycles. The van der Waals surface area contributed by atoms with Gasteiger partial charge in [-0.1, -0.05) is 194 Å². The van der Waals surface area contributed by atoms with E-state index >= 15 is 0 Å². The van der Waals surface area contributed by atoms with Crippen molar-refractivity contribution in [1.82, 2.24) is 0 Å². The summed E-state index contributed by atoms with van der Waals surface area (Å²) in [6.07, 6.45) is 52.7. The van der Waals surface area contributed by atoms with E-state index in [9.17, 15) is 4.57 Å². The second-order valence-corrected chi connectivity index (χ2v) is 15.3. The Labute approximate surface area is 295 Å². The molecule has 0 unspecified atom stereocenters. The van der Waals surface area contributed by atoms with Crippen LogP contribution in [0.25, 0.3) is 0 Å². The fourth-order valence-electron chi connectivity index (χ4n) is 5.88. The van der Waals surface area contributed by atoms with Crippen LogP contribution >= 0.6 is 7.82 Å². The second kappa shape index (κ2) is 39.3. The van der Waals surface area contributed by atoms with E-state index in [1.165, 1.54) is 192 Å². The molecule has 0 saturated heterocycles. The Morgan fingerprint density at radius 1 is 0.319 bits per heavy atom. The van der Waals surface area contributed by atoms with Gasteiger partial charge in [-0.3, -0.25) is 0 Å². The third-order valence-electron chi connectivity index (χ3n) is 9.03. The summed E-state index contributed by atoms with van der Waals surface area (Å²) in [4.78, 5) is 0. The first-order chi connectivity index (χ1) is 23.2. The summed E-state index contributed by atoms with van der Waals surface area (Å²) < 4.78 is 30.0. The van der Waals surface area contributed by atoms with Gasteiger partial charge in [-0.05, 0) is 56.8 Å². The smallest absolute Gasteiger partial charge is 0.394 e. The molecule has 0 aromatic carbocycles. The van der Waals surface area contributed by atoms with Crippen LogP contribution in [0.1, 0.15) is 233 Å². The van der Waals surface area contributed by atoms with Crippen molar-refractivity contribution in [3.05, 3.63) is 37.0 Å². The Balaban J connectivity index is 4.31. The second-order valence-electron chi connectivity index (χ2n) is 13.8. The van der Waals surface area contributed by atoms with Gasteiger partial charge in [-0.25, -0.2) is 0 Å². The molecule has 0 fully saturated rings. The summed E-state index contributed by atoms with van der Waals surface area (Å²) in [5.74, 6) is 0. The van der Waals surface area contributed by atoms with Crippen molar-refractivity contribution in [2.24, 2.45) is 0 Å². The zero-order valence-electron chi connectivity index (χ0n) is 31.9. The Morgan fingerprint density at radius 3 is 0.723 bits per heavy atom. The van der Waals surface area contributed by atoms with Crippen molar-refractivity contribution in [1.29, 1.82) is 0 Å². The molecule has 278 valence electrons. The van der Waals surface area contributed by atoms with Crippen molar-refractivity contribution < 1.29 is 18.1 Å². The molecule has 0 aliphatic carbocycles. The van der Waals surface area contributed by atoms with E-state index in [2.05, 4.69) is 20.8 Å². The van der Waals surface area contributed by atoms with E-state index in [4.69, 9.17) is 13.6 Å². The molecule has 0 N–H and O–H groups in total. The lowest BCUT2D eigenvalue weighted by atomic mass is 10.1. The molecule has 47 heavy (non-hydrogen) atoms. The number of phosphoric acid groups is 1. The van der Waals surface area contributed by atoms with E-state index in [1.54, 1.807) is 0 Å². The molecule has 0 bridgehead atoms. The summed E-state index contributed by atoms with van der Waals surface area (Å²) in [6, 6.07) is 0. The van der Waals surface area contributed by atoms with E-state index in [0.717, 1.165) is 38.5 Å². The van der Waals surface area contributed by atoms with Crippen molar-refractivity contribution in [2.45, 2.75) is 233 Å². The lowest BCUT2D eigenvalue weighted by Crippen LogP contribution is -1.89. The maximum absolute atomic E-state index is 13.3. The molecule has 0 atom stereocenters. The average Bonchev–Trinajstić information content (AvgIpc) is 3.07. The van der Waals surface area contributed by atoms with Crippen LogP contribution in [0.15, 0.2) is 37.0 Å². The number of phosphoric ester groups is 1.